The van der Waals surface area contributed by atoms with E-state index in [4.69, 9.17) is 4.74 Å². The zero-order valence-corrected chi connectivity index (χ0v) is 12.1. The summed E-state index contributed by atoms with van der Waals surface area (Å²) in [6, 6.07) is 7.96. The van der Waals surface area contributed by atoms with Crippen molar-refractivity contribution < 1.29 is 9.53 Å². The molecule has 1 aromatic rings. The van der Waals surface area contributed by atoms with Gasteiger partial charge in [0.05, 0.1) is 6.10 Å². The Morgan fingerprint density at radius 3 is 2.22 bits per heavy atom. The van der Waals surface area contributed by atoms with E-state index in [1.807, 2.05) is 31.2 Å². The average Bonchev–Trinajstić information content (AvgIpc) is 2.34. The molecule has 1 unspecified atom stereocenters. The number of carbonyl (C=O) groups is 1. The highest BCUT2D eigenvalue weighted by Gasteiger charge is 2.14. The molecule has 1 atom stereocenters. The highest BCUT2D eigenvalue weighted by Crippen LogP contribution is 2.22. The molecule has 100 valence electrons. The van der Waals surface area contributed by atoms with Gasteiger partial charge in [-0.25, -0.2) is 0 Å². The maximum absolute atomic E-state index is 12.0. The number of methoxy groups -OCH3 is 1. The molecule has 2 heteroatoms. The highest BCUT2D eigenvalue weighted by atomic mass is 16.5. The molecule has 0 heterocycles. The lowest BCUT2D eigenvalue weighted by Gasteiger charge is -2.19. The molecule has 0 fully saturated rings. The minimum absolute atomic E-state index is 0.131. The zero-order chi connectivity index (χ0) is 13.8. The monoisotopic (exact) mass is 248 g/mol. The molecule has 1 rings (SSSR count). The van der Waals surface area contributed by atoms with Crippen molar-refractivity contribution in [3.8, 4) is 0 Å². The molecule has 0 bridgehead atoms. The fraction of sp³-hybridized carbons (Fsp3) is 0.562. The van der Waals surface area contributed by atoms with Gasteiger partial charge in [0, 0.05) is 19.1 Å². The maximum atomic E-state index is 12.0. The third kappa shape index (κ3) is 4.26. The van der Waals surface area contributed by atoms with Crippen LogP contribution in [0.4, 0.5) is 0 Å². The van der Waals surface area contributed by atoms with Gasteiger partial charge in [-0.1, -0.05) is 45.0 Å². The highest BCUT2D eigenvalue weighted by molar-refractivity contribution is 5.96. The summed E-state index contributed by atoms with van der Waals surface area (Å²) in [7, 11) is 1.67. The summed E-state index contributed by atoms with van der Waals surface area (Å²) in [5.41, 5.74) is 2.18. The van der Waals surface area contributed by atoms with Gasteiger partial charge in [0.15, 0.2) is 5.78 Å². The Morgan fingerprint density at radius 1 is 1.22 bits per heavy atom. The molecule has 0 radical (unpaired) electrons. The van der Waals surface area contributed by atoms with Crippen LogP contribution in [0.3, 0.4) is 0 Å². The molecule has 0 aliphatic carbocycles. The van der Waals surface area contributed by atoms with Crippen LogP contribution in [0.15, 0.2) is 24.3 Å². The van der Waals surface area contributed by atoms with Crippen molar-refractivity contribution in [3.05, 3.63) is 35.4 Å². The summed E-state index contributed by atoms with van der Waals surface area (Å²) in [4.78, 5) is 12.0. The van der Waals surface area contributed by atoms with Crippen LogP contribution < -0.4 is 0 Å². The molecule has 0 spiro atoms. The number of ketones is 1. The number of hydrogen-bond donors (Lipinski definition) is 0. The Hall–Kier alpha value is -1.15. The smallest absolute Gasteiger partial charge is 0.162 e. The molecule has 0 aromatic heterocycles. The van der Waals surface area contributed by atoms with Crippen molar-refractivity contribution in [2.45, 2.75) is 52.1 Å². The molecule has 0 amide bonds. The average molecular weight is 248 g/mol. The van der Waals surface area contributed by atoms with Crippen LogP contribution in [0.1, 0.15) is 56.5 Å². The second-order valence-electron chi connectivity index (χ2n) is 5.84. The topological polar surface area (TPSA) is 26.3 Å². The van der Waals surface area contributed by atoms with Gasteiger partial charge >= 0.3 is 0 Å². The number of benzene rings is 1. The molecule has 0 saturated carbocycles. The first-order chi connectivity index (χ1) is 8.34. The number of rotatable bonds is 5. The fourth-order valence-electron chi connectivity index (χ4n) is 1.75. The minimum Gasteiger partial charge on any atom is -0.382 e. The lowest BCUT2D eigenvalue weighted by atomic mass is 9.86. The largest absolute Gasteiger partial charge is 0.382 e. The van der Waals surface area contributed by atoms with E-state index in [2.05, 4.69) is 20.8 Å². The van der Waals surface area contributed by atoms with Crippen molar-refractivity contribution in [2.24, 2.45) is 0 Å². The van der Waals surface area contributed by atoms with E-state index in [1.165, 1.54) is 5.56 Å². The van der Waals surface area contributed by atoms with Gasteiger partial charge in [-0.2, -0.15) is 0 Å². The Morgan fingerprint density at radius 2 is 1.78 bits per heavy atom. The molecule has 1 aromatic carbocycles. The summed E-state index contributed by atoms with van der Waals surface area (Å²) < 4.78 is 5.15. The first kappa shape index (κ1) is 14.9. The molecule has 0 saturated heterocycles. The van der Waals surface area contributed by atoms with Gasteiger partial charge in [0.2, 0.25) is 0 Å². The Bertz CT molecular complexity index is 385. The van der Waals surface area contributed by atoms with Crippen LogP contribution in [-0.2, 0) is 10.2 Å². The number of ether oxygens (including phenoxy) is 1. The van der Waals surface area contributed by atoms with Crippen LogP contribution in [-0.4, -0.2) is 19.0 Å². The van der Waals surface area contributed by atoms with Crippen molar-refractivity contribution in [2.75, 3.05) is 7.11 Å². The van der Waals surface area contributed by atoms with Crippen molar-refractivity contribution in [1.82, 2.24) is 0 Å². The SMILES string of the molecule is COC(C)CCC(=O)c1ccc(C(C)(C)C)cc1. The van der Waals surface area contributed by atoms with Gasteiger partial charge in [-0.15, -0.1) is 0 Å². The predicted molar refractivity (Wildman–Crippen MR) is 75.2 cm³/mol. The third-order valence-corrected chi connectivity index (χ3v) is 3.25. The molecule has 0 aliphatic rings. The summed E-state index contributed by atoms with van der Waals surface area (Å²) in [6.45, 7) is 8.49. The van der Waals surface area contributed by atoms with Gasteiger partial charge in [0.1, 0.15) is 0 Å². The summed E-state index contributed by atoms with van der Waals surface area (Å²) in [6.07, 6.45) is 1.46. The summed E-state index contributed by atoms with van der Waals surface area (Å²) >= 11 is 0. The Labute approximate surface area is 110 Å². The summed E-state index contributed by atoms with van der Waals surface area (Å²) in [5.74, 6) is 0.194. The number of hydrogen-bond acceptors (Lipinski definition) is 2. The fourth-order valence-corrected chi connectivity index (χ4v) is 1.75. The van der Waals surface area contributed by atoms with Gasteiger partial charge in [0.25, 0.3) is 0 Å². The molecular weight excluding hydrogens is 224 g/mol. The van der Waals surface area contributed by atoms with E-state index < -0.39 is 0 Å². The first-order valence-electron chi connectivity index (χ1n) is 6.51. The van der Waals surface area contributed by atoms with Crippen molar-refractivity contribution >= 4 is 5.78 Å². The molecule has 0 N–H and O–H groups in total. The van der Waals surface area contributed by atoms with E-state index in [-0.39, 0.29) is 17.3 Å². The molecule has 0 aliphatic heterocycles. The number of Topliss-reactive ketones (excluding diaryl/α,β-unsaturated/α-hetero) is 1. The molecule has 2 nitrogen and oxygen atoms in total. The van der Waals surface area contributed by atoms with Crippen molar-refractivity contribution in [3.63, 3.8) is 0 Å². The van der Waals surface area contributed by atoms with E-state index >= 15 is 0 Å². The van der Waals surface area contributed by atoms with Crippen LogP contribution in [0.2, 0.25) is 0 Å². The summed E-state index contributed by atoms with van der Waals surface area (Å²) in [5, 5.41) is 0. The molecule has 18 heavy (non-hydrogen) atoms. The first-order valence-corrected chi connectivity index (χ1v) is 6.51. The zero-order valence-electron chi connectivity index (χ0n) is 12.1. The number of carbonyl (C=O) groups excluding carboxylic acids is 1. The van der Waals surface area contributed by atoms with E-state index in [9.17, 15) is 4.79 Å². The second kappa shape index (κ2) is 6.14. The van der Waals surface area contributed by atoms with E-state index in [0.29, 0.717) is 6.42 Å². The molecular formula is C16H24O2. The van der Waals surface area contributed by atoms with Crippen molar-refractivity contribution in [1.29, 1.82) is 0 Å². The third-order valence-electron chi connectivity index (χ3n) is 3.25. The van der Waals surface area contributed by atoms with Gasteiger partial charge in [-0.05, 0) is 24.3 Å². The standard InChI is InChI=1S/C16H24O2/c1-12(18-5)6-11-15(17)13-7-9-14(10-8-13)16(2,3)4/h7-10,12H,6,11H2,1-5H3. The Kier molecular flexibility index (Phi) is 5.09. The van der Waals surface area contributed by atoms with E-state index in [0.717, 1.165) is 12.0 Å². The van der Waals surface area contributed by atoms with Gasteiger partial charge in [-0.3, -0.25) is 4.79 Å². The minimum atomic E-state index is 0.131. The van der Waals surface area contributed by atoms with Crippen LogP contribution in [0, 0.1) is 0 Å². The lowest BCUT2D eigenvalue weighted by molar-refractivity contribution is 0.0878. The predicted octanol–water partition coefficient (Wildman–Crippen LogP) is 3.98. The van der Waals surface area contributed by atoms with Crippen LogP contribution in [0.5, 0.6) is 0 Å². The van der Waals surface area contributed by atoms with Gasteiger partial charge < -0.3 is 4.74 Å². The Balaban J connectivity index is 2.65. The quantitative estimate of drug-likeness (QED) is 0.737. The second-order valence-corrected chi connectivity index (χ2v) is 5.84. The van der Waals surface area contributed by atoms with E-state index in [1.54, 1.807) is 7.11 Å². The maximum Gasteiger partial charge on any atom is 0.162 e. The van der Waals surface area contributed by atoms with Crippen LogP contribution >= 0.6 is 0 Å². The van der Waals surface area contributed by atoms with Crippen LogP contribution in [0.25, 0.3) is 0 Å². The lowest BCUT2D eigenvalue weighted by Crippen LogP contribution is -2.12. The normalized spacial score (nSPS) is 13.4.